The predicted octanol–water partition coefficient (Wildman–Crippen LogP) is 2.01. The molecule has 4 nitrogen and oxygen atoms in total. The summed E-state index contributed by atoms with van der Waals surface area (Å²) in [5, 5.41) is 3.34. The molecule has 0 radical (unpaired) electrons. The Morgan fingerprint density at radius 2 is 1.88 bits per heavy atom. The molecule has 1 N–H and O–H groups in total. The Morgan fingerprint density at radius 1 is 1.24 bits per heavy atom. The van der Waals surface area contributed by atoms with Gasteiger partial charge in [-0.2, -0.15) is 0 Å². The van der Waals surface area contributed by atoms with Crippen molar-refractivity contribution in [1.82, 2.24) is 15.3 Å². The van der Waals surface area contributed by atoms with Gasteiger partial charge in [-0.3, -0.25) is 4.98 Å². The van der Waals surface area contributed by atoms with Crippen LogP contribution in [0.25, 0.3) is 0 Å². The van der Waals surface area contributed by atoms with Gasteiger partial charge in [0.1, 0.15) is 0 Å². The van der Waals surface area contributed by atoms with Crippen molar-refractivity contribution in [3.63, 3.8) is 0 Å². The minimum Gasteiger partial charge on any atom is -0.476 e. The third kappa shape index (κ3) is 5.06. The smallest absolute Gasteiger partial charge is 0.235 e. The van der Waals surface area contributed by atoms with Crippen molar-refractivity contribution in [2.75, 3.05) is 19.7 Å². The van der Waals surface area contributed by atoms with Gasteiger partial charge in [0.05, 0.1) is 12.3 Å². The SMILES string of the molecule is Cc1nccnc1OCC1CCNCC1.Cl.Cl. The number of rotatable bonds is 3. The number of aromatic nitrogens is 2. The van der Waals surface area contributed by atoms with E-state index in [0.717, 1.165) is 25.4 Å². The monoisotopic (exact) mass is 279 g/mol. The minimum atomic E-state index is 0. The fraction of sp³-hybridized carbons (Fsp3) is 0.636. The van der Waals surface area contributed by atoms with Gasteiger partial charge in [0.25, 0.3) is 0 Å². The van der Waals surface area contributed by atoms with Crippen LogP contribution in [0.4, 0.5) is 0 Å². The summed E-state index contributed by atoms with van der Waals surface area (Å²) >= 11 is 0. The first kappa shape index (κ1) is 16.4. The topological polar surface area (TPSA) is 47.0 Å². The number of hydrogen-bond donors (Lipinski definition) is 1. The standard InChI is InChI=1S/C11H17N3O.2ClH/c1-9-11(14-7-6-13-9)15-8-10-2-4-12-5-3-10;;/h6-7,10,12H,2-5,8H2,1H3;2*1H. The van der Waals surface area contributed by atoms with Gasteiger partial charge < -0.3 is 10.1 Å². The molecule has 98 valence electrons. The highest BCUT2D eigenvalue weighted by Crippen LogP contribution is 2.15. The third-order valence-electron chi connectivity index (χ3n) is 2.75. The molecule has 0 spiro atoms. The van der Waals surface area contributed by atoms with Crippen LogP contribution in [0.1, 0.15) is 18.5 Å². The lowest BCUT2D eigenvalue weighted by atomic mass is 9.99. The summed E-state index contributed by atoms with van der Waals surface area (Å²) < 4.78 is 5.67. The molecule has 1 aliphatic heterocycles. The Balaban J connectivity index is 0.00000128. The fourth-order valence-electron chi connectivity index (χ4n) is 1.78. The minimum absolute atomic E-state index is 0. The largest absolute Gasteiger partial charge is 0.476 e. The van der Waals surface area contributed by atoms with Gasteiger partial charge in [-0.25, -0.2) is 4.98 Å². The lowest BCUT2D eigenvalue weighted by molar-refractivity contribution is 0.207. The van der Waals surface area contributed by atoms with Crippen molar-refractivity contribution in [3.05, 3.63) is 18.1 Å². The predicted molar refractivity (Wildman–Crippen MR) is 72.4 cm³/mol. The molecule has 0 amide bonds. The molecule has 0 atom stereocenters. The molecule has 2 heterocycles. The zero-order valence-electron chi connectivity index (χ0n) is 9.89. The number of halogens is 2. The van der Waals surface area contributed by atoms with Crippen molar-refractivity contribution in [2.24, 2.45) is 5.92 Å². The molecular formula is C11H19Cl2N3O. The first-order chi connectivity index (χ1) is 7.36. The van der Waals surface area contributed by atoms with Crippen LogP contribution in [-0.4, -0.2) is 29.7 Å². The molecule has 0 aromatic carbocycles. The first-order valence-corrected chi connectivity index (χ1v) is 5.47. The summed E-state index contributed by atoms with van der Waals surface area (Å²) in [5.41, 5.74) is 0.867. The average Bonchev–Trinajstić information content (AvgIpc) is 2.29. The highest BCUT2D eigenvalue weighted by atomic mass is 35.5. The molecule has 1 aromatic heterocycles. The van der Waals surface area contributed by atoms with Gasteiger partial charge in [-0.05, 0) is 38.8 Å². The number of piperidine rings is 1. The molecule has 1 saturated heterocycles. The number of hydrogen-bond acceptors (Lipinski definition) is 4. The van der Waals surface area contributed by atoms with Gasteiger partial charge in [0.2, 0.25) is 5.88 Å². The van der Waals surface area contributed by atoms with E-state index in [0.29, 0.717) is 11.8 Å². The van der Waals surface area contributed by atoms with E-state index in [2.05, 4.69) is 15.3 Å². The molecule has 0 aliphatic carbocycles. The lowest BCUT2D eigenvalue weighted by Crippen LogP contribution is -2.30. The zero-order valence-corrected chi connectivity index (χ0v) is 11.5. The molecule has 6 heteroatoms. The molecule has 0 unspecified atom stereocenters. The number of ether oxygens (including phenoxy) is 1. The van der Waals surface area contributed by atoms with E-state index in [-0.39, 0.29) is 24.8 Å². The second-order valence-corrected chi connectivity index (χ2v) is 3.95. The summed E-state index contributed by atoms with van der Waals surface area (Å²) in [7, 11) is 0. The Morgan fingerprint density at radius 3 is 2.53 bits per heavy atom. The maximum atomic E-state index is 5.67. The summed E-state index contributed by atoms with van der Waals surface area (Å²) in [6, 6.07) is 0. The van der Waals surface area contributed by atoms with E-state index >= 15 is 0 Å². The van der Waals surface area contributed by atoms with Gasteiger partial charge in [0.15, 0.2) is 0 Å². The Bertz CT molecular complexity index is 319. The third-order valence-corrected chi connectivity index (χ3v) is 2.75. The van der Waals surface area contributed by atoms with Crippen molar-refractivity contribution in [1.29, 1.82) is 0 Å². The molecule has 0 saturated carbocycles. The molecule has 0 bridgehead atoms. The second-order valence-electron chi connectivity index (χ2n) is 3.95. The van der Waals surface area contributed by atoms with Crippen LogP contribution in [0, 0.1) is 12.8 Å². The quantitative estimate of drug-likeness (QED) is 0.920. The first-order valence-electron chi connectivity index (χ1n) is 5.47. The Labute approximate surface area is 114 Å². The maximum absolute atomic E-state index is 5.67. The van der Waals surface area contributed by atoms with Crippen molar-refractivity contribution in [3.8, 4) is 5.88 Å². The average molecular weight is 280 g/mol. The highest BCUT2D eigenvalue weighted by Gasteiger charge is 2.14. The molecule has 1 aliphatic rings. The maximum Gasteiger partial charge on any atom is 0.235 e. The molecule has 1 fully saturated rings. The molecule has 1 aromatic rings. The highest BCUT2D eigenvalue weighted by molar-refractivity contribution is 5.85. The van der Waals surface area contributed by atoms with Gasteiger partial charge in [-0.1, -0.05) is 0 Å². The van der Waals surface area contributed by atoms with E-state index in [1.807, 2.05) is 6.92 Å². The Kier molecular flexibility index (Phi) is 8.21. The summed E-state index contributed by atoms with van der Waals surface area (Å²) in [6.45, 7) is 4.90. The van der Waals surface area contributed by atoms with Crippen LogP contribution in [0.5, 0.6) is 5.88 Å². The van der Waals surface area contributed by atoms with Crippen LogP contribution >= 0.6 is 24.8 Å². The molecular weight excluding hydrogens is 261 g/mol. The van der Waals surface area contributed by atoms with E-state index in [9.17, 15) is 0 Å². The van der Waals surface area contributed by atoms with Crippen LogP contribution in [-0.2, 0) is 0 Å². The van der Waals surface area contributed by atoms with Gasteiger partial charge in [-0.15, -0.1) is 24.8 Å². The van der Waals surface area contributed by atoms with E-state index in [4.69, 9.17) is 4.74 Å². The number of aryl methyl sites for hydroxylation is 1. The summed E-state index contributed by atoms with van der Waals surface area (Å²) in [6.07, 6.45) is 5.75. The normalized spacial score (nSPS) is 15.6. The molecule has 2 rings (SSSR count). The van der Waals surface area contributed by atoms with Crippen LogP contribution in [0.2, 0.25) is 0 Å². The second kappa shape index (κ2) is 8.50. The van der Waals surface area contributed by atoms with E-state index in [1.165, 1.54) is 12.8 Å². The van der Waals surface area contributed by atoms with Crippen molar-refractivity contribution in [2.45, 2.75) is 19.8 Å². The van der Waals surface area contributed by atoms with Crippen molar-refractivity contribution < 1.29 is 4.74 Å². The van der Waals surface area contributed by atoms with Gasteiger partial charge in [0, 0.05) is 12.4 Å². The Hall–Kier alpha value is -0.580. The van der Waals surface area contributed by atoms with Crippen LogP contribution < -0.4 is 10.1 Å². The lowest BCUT2D eigenvalue weighted by Gasteiger charge is -2.22. The molecule has 17 heavy (non-hydrogen) atoms. The van der Waals surface area contributed by atoms with E-state index < -0.39 is 0 Å². The zero-order chi connectivity index (χ0) is 10.5. The van der Waals surface area contributed by atoms with E-state index in [1.54, 1.807) is 12.4 Å². The van der Waals surface area contributed by atoms with Crippen molar-refractivity contribution >= 4 is 24.8 Å². The number of nitrogens with one attached hydrogen (secondary N) is 1. The van der Waals surface area contributed by atoms with Crippen LogP contribution in [0.3, 0.4) is 0 Å². The summed E-state index contributed by atoms with van der Waals surface area (Å²) in [5.74, 6) is 1.34. The van der Waals surface area contributed by atoms with Gasteiger partial charge >= 0.3 is 0 Å². The van der Waals surface area contributed by atoms with Crippen LogP contribution in [0.15, 0.2) is 12.4 Å². The number of nitrogens with zero attached hydrogens (tertiary/aromatic N) is 2. The fourth-order valence-corrected chi connectivity index (χ4v) is 1.78. The summed E-state index contributed by atoms with van der Waals surface area (Å²) in [4.78, 5) is 8.31.